The van der Waals surface area contributed by atoms with Crippen LogP contribution in [0.3, 0.4) is 0 Å². The Kier molecular flexibility index (Phi) is 4.97. The van der Waals surface area contributed by atoms with Crippen LogP contribution in [0.2, 0.25) is 0 Å². The maximum absolute atomic E-state index is 13.1. The summed E-state index contributed by atoms with van der Waals surface area (Å²) in [4.78, 5) is 21.0. The number of benzene rings is 1. The molecule has 9 heteroatoms. The third-order valence-corrected chi connectivity index (χ3v) is 4.26. The highest BCUT2D eigenvalue weighted by Crippen LogP contribution is 2.34. The number of halogens is 3. The van der Waals surface area contributed by atoms with E-state index in [0.717, 1.165) is 18.9 Å². The van der Waals surface area contributed by atoms with Crippen molar-refractivity contribution in [3.8, 4) is 0 Å². The lowest BCUT2D eigenvalue weighted by Gasteiger charge is -2.26. The number of nitrogens with zero attached hydrogens (tertiary/aromatic N) is 3. The predicted molar refractivity (Wildman–Crippen MR) is 89.3 cm³/mol. The number of anilines is 2. The van der Waals surface area contributed by atoms with E-state index in [2.05, 4.69) is 15.3 Å². The smallest absolute Gasteiger partial charge is 0.418 e. The van der Waals surface area contributed by atoms with Crippen LogP contribution in [-0.4, -0.2) is 40.2 Å². The van der Waals surface area contributed by atoms with Crippen LogP contribution < -0.4 is 10.2 Å². The molecule has 2 aromatic rings. The average Bonchev–Trinajstić information content (AvgIpc) is 3.08. The van der Waals surface area contributed by atoms with Crippen molar-refractivity contribution in [3.05, 3.63) is 47.8 Å². The lowest BCUT2D eigenvalue weighted by molar-refractivity contribution is -0.137. The van der Waals surface area contributed by atoms with E-state index in [0.29, 0.717) is 6.54 Å². The Labute approximate surface area is 147 Å². The Balaban J connectivity index is 1.75. The van der Waals surface area contributed by atoms with Crippen LogP contribution in [-0.2, 0) is 6.18 Å². The number of para-hydroxylation sites is 1. The second-order valence-corrected chi connectivity index (χ2v) is 5.96. The second kappa shape index (κ2) is 7.19. The van der Waals surface area contributed by atoms with Crippen molar-refractivity contribution < 1.29 is 23.1 Å². The molecule has 1 aliphatic heterocycles. The lowest BCUT2D eigenvalue weighted by Crippen LogP contribution is -2.36. The molecule has 0 amide bonds. The number of aromatic carboxylic acids is 1. The first-order chi connectivity index (χ1) is 12.4. The minimum Gasteiger partial charge on any atom is -0.477 e. The number of carboxylic acid groups (broad SMARTS) is 1. The number of hydrogen-bond acceptors (Lipinski definition) is 5. The van der Waals surface area contributed by atoms with E-state index >= 15 is 0 Å². The normalized spacial score (nSPS) is 17.3. The standard InChI is InChI=1S/C17H17F3N4O2/c18-17(19,20)12-5-1-2-6-13(12)22-10-11-4-3-9-24(11)16-21-8-7-14(23-16)15(25)26/h1-2,5-8,11,22H,3-4,9-10H2,(H,25,26). The van der Waals surface area contributed by atoms with Gasteiger partial charge in [0.1, 0.15) is 0 Å². The SMILES string of the molecule is O=C(O)c1ccnc(N2CCCC2CNc2ccccc2C(F)(F)F)n1. The molecule has 6 nitrogen and oxygen atoms in total. The van der Waals surface area contributed by atoms with Gasteiger partial charge in [0.2, 0.25) is 5.95 Å². The highest BCUT2D eigenvalue weighted by Gasteiger charge is 2.34. The molecule has 26 heavy (non-hydrogen) atoms. The van der Waals surface area contributed by atoms with Gasteiger partial charge in [0.15, 0.2) is 5.69 Å². The molecule has 1 atom stereocenters. The molecule has 0 aliphatic carbocycles. The van der Waals surface area contributed by atoms with Crippen LogP contribution in [0.4, 0.5) is 24.8 Å². The van der Waals surface area contributed by atoms with Gasteiger partial charge in [-0.3, -0.25) is 0 Å². The predicted octanol–water partition coefficient (Wildman–Crippen LogP) is 3.27. The van der Waals surface area contributed by atoms with E-state index in [1.165, 1.54) is 24.4 Å². The van der Waals surface area contributed by atoms with E-state index in [1.54, 1.807) is 6.07 Å². The Morgan fingerprint density at radius 2 is 2.08 bits per heavy atom. The number of carboxylic acids is 1. The van der Waals surface area contributed by atoms with E-state index < -0.39 is 17.7 Å². The minimum atomic E-state index is -4.43. The summed E-state index contributed by atoms with van der Waals surface area (Å²) in [5.41, 5.74) is -0.809. The van der Waals surface area contributed by atoms with Crippen LogP contribution in [0.25, 0.3) is 0 Å². The van der Waals surface area contributed by atoms with Crippen molar-refractivity contribution in [3.63, 3.8) is 0 Å². The summed E-state index contributed by atoms with van der Waals surface area (Å²) in [6.45, 7) is 0.893. The highest BCUT2D eigenvalue weighted by molar-refractivity contribution is 5.85. The lowest BCUT2D eigenvalue weighted by atomic mass is 10.1. The molecule has 2 heterocycles. The maximum Gasteiger partial charge on any atom is 0.418 e. The molecule has 0 radical (unpaired) electrons. The summed E-state index contributed by atoms with van der Waals surface area (Å²) in [7, 11) is 0. The second-order valence-electron chi connectivity index (χ2n) is 5.96. The monoisotopic (exact) mass is 366 g/mol. The van der Waals surface area contributed by atoms with E-state index in [9.17, 15) is 18.0 Å². The van der Waals surface area contributed by atoms with Gasteiger partial charge in [-0.25, -0.2) is 14.8 Å². The van der Waals surface area contributed by atoms with Crippen molar-refractivity contribution in [1.82, 2.24) is 9.97 Å². The van der Waals surface area contributed by atoms with Crippen LogP contribution in [0.15, 0.2) is 36.5 Å². The summed E-state index contributed by atoms with van der Waals surface area (Å²) in [5, 5.41) is 11.9. The van der Waals surface area contributed by atoms with Gasteiger partial charge < -0.3 is 15.3 Å². The van der Waals surface area contributed by atoms with Crippen LogP contribution in [0.1, 0.15) is 28.9 Å². The summed E-state index contributed by atoms with van der Waals surface area (Å²) in [6.07, 6.45) is -1.48. The molecular formula is C17H17F3N4O2. The van der Waals surface area contributed by atoms with E-state index in [4.69, 9.17) is 5.11 Å². The Morgan fingerprint density at radius 1 is 1.31 bits per heavy atom. The fourth-order valence-electron chi connectivity index (χ4n) is 3.03. The Bertz CT molecular complexity index is 798. The summed E-state index contributed by atoms with van der Waals surface area (Å²) >= 11 is 0. The first kappa shape index (κ1) is 18.0. The van der Waals surface area contributed by atoms with Gasteiger partial charge in [-0.05, 0) is 31.0 Å². The fraction of sp³-hybridized carbons (Fsp3) is 0.353. The Morgan fingerprint density at radius 3 is 2.81 bits per heavy atom. The largest absolute Gasteiger partial charge is 0.477 e. The molecule has 2 N–H and O–H groups in total. The van der Waals surface area contributed by atoms with Crippen LogP contribution >= 0.6 is 0 Å². The molecule has 0 bridgehead atoms. The summed E-state index contributed by atoms with van der Waals surface area (Å²) in [6, 6.07) is 6.50. The van der Waals surface area contributed by atoms with Gasteiger partial charge in [-0.15, -0.1) is 0 Å². The molecule has 1 aromatic carbocycles. The average molecular weight is 366 g/mol. The molecule has 1 aliphatic rings. The third kappa shape index (κ3) is 3.87. The van der Waals surface area contributed by atoms with Gasteiger partial charge in [-0.1, -0.05) is 12.1 Å². The van der Waals surface area contributed by atoms with Crippen LogP contribution in [0, 0.1) is 0 Å². The molecule has 1 saturated heterocycles. The van der Waals surface area contributed by atoms with E-state index in [-0.39, 0.29) is 29.9 Å². The third-order valence-electron chi connectivity index (χ3n) is 4.26. The molecular weight excluding hydrogens is 349 g/mol. The van der Waals surface area contributed by atoms with Crippen molar-refractivity contribution in [2.45, 2.75) is 25.1 Å². The zero-order valence-electron chi connectivity index (χ0n) is 13.7. The zero-order chi connectivity index (χ0) is 18.7. The topological polar surface area (TPSA) is 78.3 Å². The first-order valence-corrected chi connectivity index (χ1v) is 8.09. The number of nitrogens with one attached hydrogen (secondary N) is 1. The number of rotatable bonds is 5. The first-order valence-electron chi connectivity index (χ1n) is 8.09. The van der Waals surface area contributed by atoms with Crippen molar-refractivity contribution in [2.75, 3.05) is 23.3 Å². The van der Waals surface area contributed by atoms with Gasteiger partial charge in [0.25, 0.3) is 0 Å². The molecule has 138 valence electrons. The molecule has 0 saturated carbocycles. The van der Waals surface area contributed by atoms with Gasteiger partial charge in [0, 0.05) is 31.0 Å². The molecule has 1 unspecified atom stereocenters. The van der Waals surface area contributed by atoms with Gasteiger partial charge in [0.05, 0.1) is 5.56 Å². The maximum atomic E-state index is 13.1. The number of alkyl halides is 3. The zero-order valence-corrected chi connectivity index (χ0v) is 13.7. The molecule has 1 fully saturated rings. The molecule has 0 spiro atoms. The van der Waals surface area contributed by atoms with Gasteiger partial charge >= 0.3 is 12.1 Å². The number of carbonyl (C=O) groups is 1. The quantitative estimate of drug-likeness (QED) is 0.846. The van der Waals surface area contributed by atoms with Crippen LogP contribution in [0.5, 0.6) is 0 Å². The van der Waals surface area contributed by atoms with Crippen molar-refractivity contribution >= 4 is 17.6 Å². The molecule has 1 aromatic heterocycles. The van der Waals surface area contributed by atoms with E-state index in [1.807, 2.05) is 4.90 Å². The molecule has 3 rings (SSSR count). The minimum absolute atomic E-state index is 0.0204. The summed E-state index contributed by atoms with van der Waals surface area (Å²) in [5.74, 6) is -0.875. The number of aromatic nitrogens is 2. The Hall–Kier alpha value is -2.84. The van der Waals surface area contributed by atoms with Gasteiger partial charge in [-0.2, -0.15) is 13.2 Å². The summed E-state index contributed by atoms with van der Waals surface area (Å²) < 4.78 is 39.3. The van der Waals surface area contributed by atoms with Crippen molar-refractivity contribution in [1.29, 1.82) is 0 Å². The van der Waals surface area contributed by atoms with Crippen molar-refractivity contribution in [2.24, 2.45) is 0 Å². The highest BCUT2D eigenvalue weighted by atomic mass is 19.4. The fourth-order valence-corrected chi connectivity index (χ4v) is 3.03. The number of hydrogen-bond donors (Lipinski definition) is 2.